The van der Waals surface area contributed by atoms with Gasteiger partial charge in [0.05, 0.1) is 13.2 Å². The smallest absolute Gasteiger partial charge is 0.239 e. The van der Waals surface area contributed by atoms with Crippen LogP contribution in [0.2, 0.25) is 0 Å². The summed E-state index contributed by atoms with van der Waals surface area (Å²) in [6, 6.07) is 0. The van der Waals surface area contributed by atoms with Gasteiger partial charge in [-0.2, -0.15) is 0 Å². The third-order valence-corrected chi connectivity index (χ3v) is 2.47. The number of amides is 1. The zero-order chi connectivity index (χ0) is 14.1. The van der Waals surface area contributed by atoms with Crippen molar-refractivity contribution in [1.29, 1.82) is 0 Å². The number of carbonyl (C=O) groups excluding carboxylic acids is 1. The van der Waals surface area contributed by atoms with Crippen molar-refractivity contribution in [2.24, 2.45) is 0 Å². The van der Waals surface area contributed by atoms with E-state index in [1.54, 1.807) is 7.11 Å². The van der Waals surface area contributed by atoms with Gasteiger partial charge in [0.1, 0.15) is 18.0 Å². The number of rotatable bonds is 8. The summed E-state index contributed by atoms with van der Waals surface area (Å²) in [5.74, 6) is 1.34. The molecule has 1 aromatic heterocycles. The monoisotopic (exact) mass is 267 g/mol. The largest absolute Gasteiger partial charge is 0.383 e. The molecule has 0 radical (unpaired) electrons. The molecule has 0 aromatic carbocycles. The molecular formula is C12H21N5O2. The lowest BCUT2D eigenvalue weighted by molar-refractivity contribution is -0.119. The Bertz CT molecular complexity index is 411. The molecule has 0 aliphatic heterocycles. The molecule has 0 unspecified atom stereocenters. The molecule has 1 aromatic rings. The number of hydrogen-bond donors (Lipinski definition) is 3. The third-order valence-electron chi connectivity index (χ3n) is 2.47. The highest BCUT2D eigenvalue weighted by atomic mass is 16.5. The molecule has 0 fully saturated rings. The van der Waals surface area contributed by atoms with E-state index >= 15 is 0 Å². The molecule has 0 atom stereocenters. The number of nitrogens with one attached hydrogen (secondary N) is 3. The fourth-order valence-corrected chi connectivity index (χ4v) is 1.49. The second-order valence-electron chi connectivity index (χ2n) is 3.92. The highest BCUT2D eigenvalue weighted by Gasteiger charge is 2.07. The number of carbonyl (C=O) groups is 1. The van der Waals surface area contributed by atoms with E-state index in [1.807, 2.05) is 13.8 Å². The van der Waals surface area contributed by atoms with Crippen LogP contribution in [0.5, 0.6) is 0 Å². The van der Waals surface area contributed by atoms with Gasteiger partial charge in [0.15, 0.2) is 0 Å². The van der Waals surface area contributed by atoms with Crippen molar-refractivity contribution in [2.75, 3.05) is 44.0 Å². The van der Waals surface area contributed by atoms with E-state index in [9.17, 15) is 4.79 Å². The van der Waals surface area contributed by atoms with Gasteiger partial charge in [0.2, 0.25) is 5.91 Å². The summed E-state index contributed by atoms with van der Waals surface area (Å²) in [4.78, 5) is 19.8. The number of aromatic nitrogens is 2. The van der Waals surface area contributed by atoms with Crippen molar-refractivity contribution >= 4 is 17.5 Å². The summed E-state index contributed by atoms with van der Waals surface area (Å²) in [5, 5.41) is 8.86. The Morgan fingerprint density at radius 2 is 2.00 bits per heavy atom. The molecule has 3 N–H and O–H groups in total. The Balaban J connectivity index is 2.48. The summed E-state index contributed by atoms with van der Waals surface area (Å²) in [6.07, 6.45) is 1.47. The van der Waals surface area contributed by atoms with Gasteiger partial charge in [-0.1, -0.05) is 0 Å². The fraction of sp³-hybridized carbons (Fsp3) is 0.583. The van der Waals surface area contributed by atoms with E-state index in [1.165, 1.54) is 6.33 Å². The Kier molecular flexibility index (Phi) is 6.59. The van der Waals surface area contributed by atoms with Gasteiger partial charge >= 0.3 is 0 Å². The molecule has 0 bridgehead atoms. The molecule has 106 valence electrons. The second-order valence-corrected chi connectivity index (χ2v) is 3.92. The van der Waals surface area contributed by atoms with Crippen LogP contribution in [-0.4, -0.2) is 49.2 Å². The molecular weight excluding hydrogens is 246 g/mol. The summed E-state index contributed by atoms with van der Waals surface area (Å²) in [5.41, 5.74) is 0.897. The highest BCUT2D eigenvalue weighted by molar-refractivity contribution is 5.80. The SMILES string of the molecule is CCNc1ncnc(NCC(=O)NCCOC)c1C. The van der Waals surface area contributed by atoms with Crippen molar-refractivity contribution in [3.05, 3.63) is 11.9 Å². The summed E-state index contributed by atoms with van der Waals surface area (Å²) >= 11 is 0. The van der Waals surface area contributed by atoms with E-state index in [0.29, 0.717) is 19.0 Å². The Morgan fingerprint density at radius 1 is 1.32 bits per heavy atom. The topological polar surface area (TPSA) is 88.2 Å². The van der Waals surface area contributed by atoms with E-state index < -0.39 is 0 Å². The van der Waals surface area contributed by atoms with E-state index in [2.05, 4.69) is 25.9 Å². The van der Waals surface area contributed by atoms with Crippen LogP contribution in [0.4, 0.5) is 11.6 Å². The number of ether oxygens (including phenoxy) is 1. The summed E-state index contributed by atoms with van der Waals surface area (Å²) < 4.78 is 4.85. The second kappa shape index (κ2) is 8.25. The van der Waals surface area contributed by atoms with Gasteiger partial charge in [-0.25, -0.2) is 9.97 Å². The molecule has 0 spiro atoms. The molecule has 0 saturated carbocycles. The number of nitrogens with zero attached hydrogens (tertiary/aromatic N) is 2. The van der Waals surface area contributed by atoms with Crippen LogP contribution < -0.4 is 16.0 Å². The maximum atomic E-state index is 11.5. The van der Waals surface area contributed by atoms with Gasteiger partial charge in [0, 0.05) is 25.8 Å². The number of hydrogen-bond acceptors (Lipinski definition) is 6. The molecule has 7 nitrogen and oxygen atoms in total. The van der Waals surface area contributed by atoms with Gasteiger partial charge < -0.3 is 20.7 Å². The van der Waals surface area contributed by atoms with Crippen molar-refractivity contribution in [1.82, 2.24) is 15.3 Å². The lowest BCUT2D eigenvalue weighted by Crippen LogP contribution is -2.32. The first-order chi connectivity index (χ1) is 9.19. The van der Waals surface area contributed by atoms with Crippen LogP contribution in [0.15, 0.2) is 6.33 Å². The first kappa shape index (κ1) is 15.2. The number of anilines is 2. The molecule has 1 rings (SSSR count). The molecule has 0 aliphatic carbocycles. The van der Waals surface area contributed by atoms with Crippen molar-refractivity contribution in [2.45, 2.75) is 13.8 Å². The zero-order valence-electron chi connectivity index (χ0n) is 11.6. The molecule has 1 heterocycles. The van der Waals surface area contributed by atoms with Crippen molar-refractivity contribution in [3.8, 4) is 0 Å². The average Bonchev–Trinajstić information content (AvgIpc) is 2.40. The van der Waals surface area contributed by atoms with Crippen molar-refractivity contribution in [3.63, 3.8) is 0 Å². The van der Waals surface area contributed by atoms with Crippen LogP contribution in [0.1, 0.15) is 12.5 Å². The van der Waals surface area contributed by atoms with Crippen LogP contribution >= 0.6 is 0 Å². The van der Waals surface area contributed by atoms with Crippen LogP contribution in [0.3, 0.4) is 0 Å². The molecule has 7 heteroatoms. The first-order valence-corrected chi connectivity index (χ1v) is 6.24. The highest BCUT2D eigenvalue weighted by Crippen LogP contribution is 2.17. The zero-order valence-corrected chi connectivity index (χ0v) is 11.6. The van der Waals surface area contributed by atoms with E-state index in [0.717, 1.165) is 17.9 Å². The van der Waals surface area contributed by atoms with E-state index in [-0.39, 0.29) is 12.5 Å². The quantitative estimate of drug-likeness (QED) is 0.591. The Hall–Kier alpha value is -1.89. The molecule has 1 amide bonds. The van der Waals surface area contributed by atoms with Gasteiger partial charge in [-0.05, 0) is 13.8 Å². The molecule has 0 aliphatic rings. The third kappa shape index (κ3) is 5.09. The maximum Gasteiger partial charge on any atom is 0.239 e. The number of methoxy groups -OCH3 is 1. The Labute approximate surface area is 113 Å². The van der Waals surface area contributed by atoms with Crippen molar-refractivity contribution < 1.29 is 9.53 Å². The van der Waals surface area contributed by atoms with Crippen LogP contribution in [0, 0.1) is 6.92 Å². The average molecular weight is 267 g/mol. The van der Waals surface area contributed by atoms with E-state index in [4.69, 9.17) is 4.74 Å². The fourth-order valence-electron chi connectivity index (χ4n) is 1.49. The lowest BCUT2D eigenvalue weighted by atomic mass is 10.3. The maximum absolute atomic E-state index is 11.5. The normalized spacial score (nSPS) is 10.1. The Morgan fingerprint density at radius 3 is 2.63 bits per heavy atom. The predicted octanol–water partition coefficient (Wildman–Crippen LogP) is 0.391. The lowest BCUT2D eigenvalue weighted by Gasteiger charge is -2.11. The first-order valence-electron chi connectivity index (χ1n) is 6.24. The summed E-state index contributed by atoms with van der Waals surface area (Å²) in [6.45, 7) is 5.87. The van der Waals surface area contributed by atoms with Gasteiger partial charge in [-0.3, -0.25) is 4.79 Å². The van der Waals surface area contributed by atoms with Crippen LogP contribution in [0.25, 0.3) is 0 Å². The predicted molar refractivity (Wildman–Crippen MR) is 74.3 cm³/mol. The molecule has 0 saturated heterocycles. The minimum absolute atomic E-state index is 0.0972. The summed E-state index contributed by atoms with van der Waals surface area (Å²) in [7, 11) is 1.59. The van der Waals surface area contributed by atoms with Gasteiger partial charge in [0.25, 0.3) is 0 Å². The van der Waals surface area contributed by atoms with Gasteiger partial charge in [-0.15, -0.1) is 0 Å². The molecule has 19 heavy (non-hydrogen) atoms. The van der Waals surface area contributed by atoms with Crippen LogP contribution in [-0.2, 0) is 9.53 Å². The standard InChI is InChI=1S/C12H21N5O2/c1-4-13-11-9(2)12(17-8-16-11)15-7-10(18)14-5-6-19-3/h8H,4-7H2,1-3H3,(H,14,18)(H2,13,15,16,17). The minimum atomic E-state index is -0.0972. The minimum Gasteiger partial charge on any atom is -0.383 e.